The highest BCUT2D eigenvalue weighted by Crippen LogP contribution is 2.29. The molecule has 0 radical (unpaired) electrons. The lowest BCUT2D eigenvalue weighted by atomic mass is 10.0. The number of rotatable bonds is 10. The molecule has 2 aromatic rings. The summed E-state index contributed by atoms with van der Waals surface area (Å²) >= 11 is 3.54. The van der Waals surface area contributed by atoms with Crippen molar-refractivity contribution in [2.45, 2.75) is 72.5 Å². The summed E-state index contributed by atoms with van der Waals surface area (Å²) in [5.74, 6) is 0.639. The highest BCUT2D eigenvalue weighted by molar-refractivity contribution is 9.10. The van der Waals surface area contributed by atoms with Gasteiger partial charge in [-0.1, -0.05) is 51.1 Å². The standard InChI is InChI=1S/C26H35BrN2O3/c1-7-23(26(31)28-18(4)5)29(15-21-11-9-8-10-19(21)6)25(30)16-32-24-13-12-20(17(2)3)14-22(24)27/h8-14,17-18,23H,7,15-16H2,1-6H3,(H,28,31)/t23-/m0/s1. The Kier molecular flexibility index (Phi) is 9.76. The van der Waals surface area contributed by atoms with Crippen molar-refractivity contribution in [1.29, 1.82) is 0 Å². The van der Waals surface area contributed by atoms with Crippen molar-refractivity contribution >= 4 is 27.7 Å². The Morgan fingerprint density at radius 3 is 2.34 bits per heavy atom. The number of ether oxygens (including phenoxy) is 1. The Morgan fingerprint density at radius 1 is 1.09 bits per heavy atom. The fourth-order valence-electron chi connectivity index (χ4n) is 3.49. The van der Waals surface area contributed by atoms with Crippen LogP contribution in [0.15, 0.2) is 46.9 Å². The van der Waals surface area contributed by atoms with Gasteiger partial charge in [0.25, 0.3) is 5.91 Å². The average molecular weight is 503 g/mol. The molecular weight excluding hydrogens is 468 g/mol. The minimum Gasteiger partial charge on any atom is -0.483 e. The molecule has 0 bridgehead atoms. The van der Waals surface area contributed by atoms with Crippen molar-refractivity contribution in [1.82, 2.24) is 10.2 Å². The minimum absolute atomic E-state index is 0.00126. The van der Waals surface area contributed by atoms with E-state index in [0.717, 1.165) is 15.6 Å². The maximum absolute atomic E-state index is 13.3. The summed E-state index contributed by atoms with van der Waals surface area (Å²) in [4.78, 5) is 27.8. The van der Waals surface area contributed by atoms with E-state index in [1.54, 1.807) is 4.90 Å². The number of carbonyl (C=O) groups is 2. The van der Waals surface area contributed by atoms with Crippen LogP contribution in [0.2, 0.25) is 0 Å². The molecule has 2 amide bonds. The van der Waals surface area contributed by atoms with Gasteiger partial charge in [0.2, 0.25) is 5.91 Å². The summed E-state index contributed by atoms with van der Waals surface area (Å²) in [6.07, 6.45) is 0.517. The van der Waals surface area contributed by atoms with Crippen molar-refractivity contribution in [3.8, 4) is 5.75 Å². The summed E-state index contributed by atoms with van der Waals surface area (Å²) in [7, 11) is 0. The third-order valence-electron chi connectivity index (χ3n) is 5.39. The number of nitrogens with one attached hydrogen (secondary N) is 1. The van der Waals surface area contributed by atoms with E-state index >= 15 is 0 Å². The molecule has 5 nitrogen and oxygen atoms in total. The number of aryl methyl sites for hydroxylation is 1. The van der Waals surface area contributed by atoms with Gasteiger partial charge in [0, 0.05) is 12.6 Å². The van der Waals surface area contributed by atoms with Gasteiger partial charge in [-0.25, -0.2) is 0 Å². The van der Waals surface area contributed by atoms with Crippen LogP contribution in [0.1, 0.15) is 63.6 Å². The maximum Gasteiger partial charge on any atom is 0.261 e. The predicted octanol–water partition coefficient (Wildman–Crippen LogP) is 5.59. The van der Waals surface area contributed by atoms with Gasteiger partial charge < -0.3 is 15.0 Å². The van der Waals surface area contributed by atoms with Gasteiger partial charge in [-0.2, -0.15) is 0 Å². The van der Waals surface area contributed by atoms with Crippen LogP contribution >= 0.6 is 15.9 Å². The van der Waals surface area contributed by atoms with Crippen LogP contribution < -0.4 is 10.1 Å². The molecule has 0 saturated heterocycles. The van der Waals surface area contributed by atoms with Crippen molar-refractivity contribution < 1.29 is 14.3 Å². The molecule has 0 aliphatic rings. The van der Waals surface area contributed by atoms with E-state index < -0.39 is 6.04 Å². The number of hydrogen-bond acceptors (Lipinski definition) is 3. The lowest BCUT2D eigenvalue weighted by Gasteiger charge is -2.31. The lowest BCUT2D eigenvalue weighted by Crippen LogP contribution is -2.51. The number of nitrogens with zero attached hydrogens (tertiary/aromatic N) is 1. The largest absolute Gasteiger partial charge is 0.483 e. The molecule has 0 spiro atoms. The maximum atomic E-state index is 13.3. The third-order valence-corrected chi connectivity index (χ3v) is 6.01. The van der Waals surface area contributed by atoms with E-state index in [0.29, 0.717) is 24.6 Å². The second-order valence-electron chi connectivity index (χ2n) is 8.67. The first kappa shape index (κ1) is 25.9. The molecule has 1 atom stereocenters. The summed E-state index contributed by atoms with van der Waals surface area (Å²) in [5, 5.41) is 2.95. The Hall–Kier alpha value is -2.34. The molecule has 0 aromatic heterocycles. The van der Waals surface area contributed by atoms with Gasteiger partial charge in [-0.15, -0.1) is 0 Å². The topological polar surface area (TPSA) is 58.6 Å². The fraction of sp³-hybridized carbons (Fsp3) is 0.462. The molecule has 0 fully saturated rings. The van der Waals surface area contributed by atoms with Crippen LogP contribution in [0.5, 0.6) is 5.75 Å². The Balaban J connectivity index is 2.24. The molecular formula is C26H35BrN2O3. The van der Waals surface area contributed by atoms with Crippen molar-refractivity contribution in [2.75, 3.05) is 6.61 Å². The van der Waals surface area contributed by atoms with Crippen LogP contribution in [0, 0.1) is 6.92 Å². The van der Waals surface area contributed by atoms with Crippen LogP contribution in [0.4, 0.5) is 0 Å². The molecule has 0 aliphatic carbocycles. The molecule has 1 N–H and O–H groups in total. The molecule has 0 heterocycles. The van der Waals surface area contributed by atoms with Crippen molar-refractivity contribution in [2.24, 2.45) is 0 Å². The van der Waals surface area contributed by atoms with Crippen LogP contribution in [-0.4, -0.2) is 35.4 Å². The van der Waals surface area contributed by atoms with E-state index in [1.807, 2.05) is 70.2 Å². The normalized spacial score (nSPS) is 12.0. The Labute approximate surface area is 200 Å². The summed E-state index contributed by atoms with van der Waals surface area (Å²) in [6, 6.07) is 13.2. The molecule has 2 aromatic carbocycles. The third kappa shape index (κ3) is 7.09. The quantitative estimate of drug-likeness (QED) is 0.460. The second-order valence-corrected chi connectivity index (χ2v) is 9.52. The van der Waals surface area contributed by atoms with Gasteiger partial charge in [-0.3, -0.25) is 9.59 Å². The van der Waals surface area contributed by atoms with Crippen molar-refractivity contribution in [3.63, 3.8) is 0 Å². The number of hydrogen-bond donors (Lipinski definition) is 1. The molecule has 2 rings (SSSR count). The van der Waals surface area contributed by atoms with Crippen LogP contribution in [0.25, 0.3) is 0 Å². The van der Waals surface area contributed by atoms with E-state index in [-0.39, 0.29) is 24.5 Å². The van der Waals surface area contributed by atoms with Crippen molar-refractivity contribution in [3.05, 3.63) is 63.6 Å². The zero-order chi connectivity index (χ0) is 23.8. The molecule has 0 aliphatic heterocycles. The Morgan fingerprint density at radius 2 is 1.78 bits per heavy atom. The first-order chi connectivity index (χ1) is 15.1. The van der Waals surface area contributed by atoms with E-state index in [1.165, 1.54) is 5.56 Å². The predicted molar refractivity (Wildman–Crippen MR) is 133 cm³/mol. The van der Waals surface area contributed by atoms with E-state index in [2.05, 4.69) is 35.1 Å². The summed E-state index contributed by atoms with van der Waals surface area (Å²) in [5.41, 5.74) is 3.28. The highest BCUT2D eigenvalue weighted by atomic mass is 79.9. The molecule has 0 unspecified atom stereocenters. The van der Waals surface area contributed by atoms with Gasteiger partial charge in [0.15, 0.2) is 6.61 Å². The minimum atomic E-state index is -0.570. The number of benzene rings is 2. The highest BCUT2D eigenvalue weighted by Gasteiger charge is 2.29. The lowest BCUT2D eigenvalue weighted by molar-refractivity contribution is -0.143. The SMILES string of the molecule is CC[C@@H](C(=O)NC(C)C)N(Cc1ccccc1C)C(=O)COc1ccc(C(C)C)cc1Br. The molecule has 174 valence electrons. The first-order valence-corrected chi connectivity index (χ1v) is 12.0. The zero-order valence-electron chi connectivity index (χ0n) is 19.9. The van der Waals surface area contributed by atoms with Gasteiger partial charge in [0.1, 0.15) is 11.8 Å². The summed E-state index contributed by atoms with van der Waals surface area (Å²) < 4.78 is 6.68. The number of carbonyl (C=O) groups excluding carboxylic acids is 2. The average Bonchev–Trinajstić information content (AvgIpc) is 2.73. The summed E-state index contributed by atoms with van der Waals surface area (Å²) in [6.45, 7) is 12.2. The van der Waals surface area contributed by atoms with Gasteiger partial charge >= 0.3 is 0 Å². The smallest absolute Gasteiger partial charge is 0.261 e. The molecule has 32 heavy (non-hydrogen) atoms. The van der Waals surface area contributed by atoms with Crippen LogP contribution in [-0.2, 0) is 16.1 Å². The van der Waals surface area contributed by atoms with E-state index in [9.17, 15) is 9.59 Å². The molecule has 6 heteroatoms. The zero-order valence-corrected chi connectivity index (χ0v) is 21.5. The second kappa shape index (κ2) is 12.0. The Bertz CT molecular complexity index is 927. The molecule has 0 saturated carbocycles. The van der Waals surface area contributed by atoms with E-state index in [4.69, 9.17) is 4.74 Å². The van der Waals surface area contributed by atoms with Gasteiger partial charge in [0.05, 0.1) is 4.47 Å². The number of halogens is 1. The van der Waals surface area contributed by atoms with Gasteiger partial charge in [-0.05, 0) is 77.9 Å². The van der Waals surface area contributed by atoms with Crippen LogP contribution in [0.3, 0.4) is 0 Å². The first-order valence-electron chi connectivity index (χ1n) is 11.2. The number of amides is 2. The fourth-order valence-corrected chi connectivity index (χ4v) is 4.00. The monoisotopic (exact) mass is 502 g/mol.